The standard InChI is InChI=1S/C7H8N2O/c8-4-6-5-9-3-1-2-7(9)10-6/h1-3,5H,4,8H2. The molecule has 2 N–H and O–H groups in total. The Labute approximate surface area is 58.0 Å². The third-order valence-corrected chi connectivity index (χ3v) is 1.46. The molecule has 0 unspecified atom stereocenters. The van der Waals surface area contributed by atoms with Gasteiger partial charge in [0.15, 0.2) is 0 Å². The number of rotatable bonds is 1. The van der Waals surface area contributed by atoms with Gasteiger partial charge in [-0.15, -0.1) is 0 Å². The topological polar surface area (TPSA) is 43.6 Å². The van der Waals surface area contributed by atoms with E-state index in [0.29, 0.717) is 6.54 Å². The minimum Gasteiger partial charge on any atom is -0.442 e. The molecule has 3 nitrogen and oxygen atoms in total. The fourth-order valence-corrected chi connectivity index (χ4v) is 0.981. The first-order valence-electron chi connectivity index (χ1n) is 3.15. The van der Waals surface area contributed by atoms with E-state index < -0.39 is 0 Å². The molecular weight excluding hydrogens is 128 g/mol. The molecule has 0 saturated carbocycles. The van der Waals surface area contributed by atoms with E-state index in [0.717, 1.165) is 11.5 Å². The lowest BCUT2D eigenvalue weighted by atomic mass is 10.5. The zero-order valence-corrected chi connectivity index (χ0v) is 5.45. The summed E-state index contributed by atoms with van der Waals surface area (Å²) in [7, 11) is 0. The molecule has 0 spiro atoms. The van der Waals surface area contributed by atoms with Gasteiger partial charge in [0.05, 0.1) is 12.7 Å². The van der Waals surface area contributed by atoms with Gasteiger partial charge >= 0.3 is 0 Å². The van der Waals surface area contributed by atoms with E-state index in [1.54, 1.807) is 0 Å². The van der Waals surface area contributed by atoms with Crippen molar-refractivity contribution < 1.29 is 4.42 Å². The summed E-state index contributed by atoms with van der Waals surface area (Å²) in [6.45, 7) is 0.460. The van der Waals surface area contributed by atoms with Gasteiger partial charge in [0.25, 0.3) is 0 Å². The van der Waals surface area contributed by atoms with Gasteiger partial charge in [0.1, 0.15) is 5.76 Å². The second-order valence-electron chi connectivity index (χ2n) is 2.16. The number of fused-ring (bicyclic) bond motifs is 1. The van der Waals surface area contributed by atoms with Crippen molar-refractivity contribution in [1.82, 2.24) is 4.40 Å². The van der Waals surface area contributed by atoms with Gasteiger partial charge in [-0.2, -0.15) is 0 Å². The van der Waals surface area contributed by atoms with Crippen molar-refractivity contribution in [1.29, 1.82) is 0 Å². The van der Waals surface area contributed by atoms with Gasteiger partial charge in [0.2, 0.25) is 5.71 Å². The highest BCUT2D eigenvalue weighted by molar-refractivity contribution is 5.35. The van der Waals surface area contributed by atoms with Crippen LogP contribution >= 0.6 is 0 Å². The van der Waals surface area contributed by atoms with Crippen molar-refractivity contribution in [3.63, 3.8) is 0 Å². The minimum atomic E-state index is 0.460. The molecule has 2 aromatic heterocycles. The molecule has 52 valence electrons. The molecule has 0 aliphatic heterocycles. The molecule has 0 amide bonds. The molecule has 0 aromatic carbocycles. The van der Waals surface area contributed by atoms with E-state index in [1.807, 2.05) is 28.9 Å². The smallest absolute Gasteiger partial charge is 0.203 e. The Morgan fingerprint density at radius 3 is 3.20 bits per heavy atom. The molecule has 3 heteroatoms. The van der Waals surface area contributed by atoms with Crippen LogP contribution in [0.5, 0.6) is 0 Å². The average molecular weight is 136 g/mol. The lowest BCUT2D eigenvalue weighted by Gasteiger charge is -1.80. The largest absolute Gasteiger partial charge is 0.442 e. The molecule has 0 saturated heterocycles. The highest BCUT2D eigenvalue weighted by atomic mass is 16.3. The van der Waals surface area contributed by atoms with Gasteiger partial charge in [-0.25, -0.2) is 0 Å². The quantitative estimate of drug-likeness (QED) is 0.635. The second kappa shape index (κ2) is 1.88. The monoisotopic (exact) mass is 136 g/mol. The summed E-state index contributed by atoms with van der Waals surface area (Å²) in [5, 5.41) is 0. The van der Waals surface area contributed by atoms with Crippen LogP contribution in [0, 0.1) is 0 Å². The molecule has 0 bridgehead atoms. The molecule has 0 fully saturated rings. The molecule has 2 aromatic rings. The zero-order valence-electron chi connectivity index (χ0n) is 5.45. The van der Waals surface area contributed by atoms with Crippen LogP contribution in [0.25, 0.3) is 5.71 Å². The summed E-state index contributed by atoms with van der Waals surface area (Å²) in [4.78, 5) is 0. The van der Waals surface area contributed by atoms with Crippen molar-refractivity contribution in [2.45, 2.75) is 6.54 Å². The van der Waals surface area contributed by atoms with Gasteiger partial charge < -0.3 is 10.2 Å². The molecular formula is C7H8N2O. The summed E-state index contributed by atoms with van der Waals surface area (Å²) in [5.41, 5.74) is 6.21. The second-order valence-corrected chi connectivity index (χ2v) is 2.16. The zero-order chi connectivity index (χ0) is 6.97. The summed E-state index contributed by atoms with van der Waals surface area (Å²) >= 11 is 0. The summed E-state index contributed by atoms with van der Waals surface area (Å²) in [6.07, 6.45) is 3.81. The van der Waals surface area contributed by atoms with Gasteiger partial charge in [0, 0.05) is 12.3 Å². The summed E-state index contributed by atoms with van der Waals surface area (Å²) in [5.74, 6) is 0.815. The van der Waals surface area contributed by atoms with Crippen LogP contribution in [-0.4, -0.2) is 4.40 Å². The van der Waals surface area contributed by atoms with Crippen LogP contribution in [0.3, 0.4) is 0 Å². The van der Waals surface area contributed by atoms with E-state index in [4.69, 9.17) is 10.2 Å². The maximum atomic E-state index is 5.37. The van der Waals surface area contributed by atoms with Gasteiger partial charge in [-0.05, 0) is 6.07 Å². The van der Waals surface area contributed by atoms with Crippen molar-refractivity contribution in [3.05, 3.63) is 30.3 Å². The van der Waals surface area contributed by atoms with Gasteiger partial charge in [-0.3, -0.25) is 4.40 Å². The molecule has 0 aliphatic carbocycles. The fourth-order valence-electron chi connectivity index (χ4n) is 0.981. The molecule has 0 atom stereocenters. The highest BCUT2D eigenvalue weighted by Gasteiger charge is 1.98. The van der Waals surface area contributed by atoms with E-state index in [-0.39, 0.29) is 0 Å². The lowest BCUT2D eigenvalue weighted by molar-refractivity contribution is 0.549. The Morgan fingerprint density at radius 1 is 1.60 bits per heavy atom. The first kappa shape index (κ1) is 5.56. The Morgan fingerprint density at radius 2 is 2.50 bits per heavy atom. The van der Waals surface area contributed by atoms with Gasteiger partial charge in [-0.1, -0.05) is 0 Å². The predicted molar refractivity (Wildman–Crippen MR) is 37.6 cm³/mol. The number of hydrogen-bond acceptors (Lipinski definition) is 2. The Balaban J connectivity index is 2.67. The maximum absolute atomic E-state index is 5.37. The van der Waals surface area contributed by atoms with Crippen LogP contribution in [0.2, 0.25) is 0 Å². The molecule has 2 rings (SSSR count). The molecule has 10 heavy (non-hydrogen) atoms. The SMILES string of the molecule is NCc1cn2cccc2o1. The number of oxazole rings is 1. The number of nitrogens with zero attached hydrogens (tertiary/aromatic N) is 1. The fraction of sp³-hybridized carbons (Fsp3) is 0.143. The first-order chi connectivity index (χ1) is 4.90. The maximum Gasteiger partial charge on any atom is 0.203 e. The number of aromatic nitrogens is 1. The van der Waals surface area contributed by atoms with Crippen LogP contribution in [0.4, 0.5) is 0 Å². The van der Waals surface area contributed by atoms with E-state index in [2.05, 4.69) is 0 Å². The minimum absolute atomic E-state index is 0.460. The average Bonchev–Trinajstić information content (AvgIpc) is 2.42. The van der Waals surface area contributed by atoms with Crippen LogP contribution in [0.15, 0.2) is 28.9 Å². The normalized spacial score (nSPS) is 10.9. The van der Waals surface area contributed by atoms with E-state index >= 15 is 0 Å². The highest BCUT2D eigenvalue weighted by Crippen LogP contribution is 2.09. The van der Waals surface area contributed by atoms with E-state index in [1.165, 1.54) is 0 Å². The summed E-state index contributed by atoms with van der Waals surface area (Å²) in [6, 6.07) is 3.83. The van der Waals surface area contributed by atoms with Crippen LogP contribution in [0.1, 0.15) is 5.76 Å². The Hall–Kier alpha value is -1.22. The van der Waals surface area contributed by atoms with Crippen molar-refractivity contribution in [3.8, 4) is 0 Å². The first-order valence-corrected chi connectivity index (χ1v) is 3.15. The Kier molecular flexibility index (Phi) is 1.05. The van der Waals surface area contributed by atoms with Crippen LogP contribution < -0.4 is 5.73 Å². The summed E-state index contributed by atoms with van der Waals surface area (Å²) < 4.78 is 7.20. The number of nitrogens with two attached hydrogens (primary N) is 1. The number of hydrogen-bond donors (Lipinski definition) is 1. The third-order valence-electron chi connectivity index (χ3n) is 1.46. The molecule has 0 aliphatic rings. The third kappa shape index (κ3) is 0.642. The van der Waals surface area contributed by atoms with Crippen molar-refractivity contribution in [2.24, 2.45) is 5.73 Å². The Bertz CT molecular complexity index is 305. The predicted octanol–water partition coefficient (Wildman–Crippen LogP) is 0.991. The lowest BCUT2D eigenvalue weighted by Crippen LogP contribution is -1.92. The van der Waals surface area contributed by atoms with Crippen molar-refractivity contribution >= 4 is 5.71 Å². The molecule has 0 radical (unpaired) electrons. The van der Waals surface area contributed by atoms with Crippen molar-refractivity contribution in [2.75, 3.05) is 0 Å². The van der Waals surface area contributed by atoms with Crippen LogP contribution in [-0.2, 0) is 6.54 Å². The van der Waals surface area contributed by atoms with E-state index in [9.17, 15) is 0 Å². The molecule has 2 heterocycles.